The quantitative estimate of drug-likeness (QED) is 0.726. The summed E-state index contributed by atoms with van der Waals surface area (Å²) in [4.78, 5) is 0. The van der Waals surface area contributed by atoms with Gasteiger partial charge in [0.15, 0.2) is 0 Å². The van der Waals surface area contributed by atoms with Crippen LogP contribution >= 0.6 is 11.8 Å². The van der Waals surface area contributed by atoms with Crippen molar-refractivity contribution in [3.63, 3.8) is 0 Å². The Morgan fingerprint density at radius 2 is 2.56 bits per heavy atom. The monoisotopic (exact) mass is 317 g/mol. The predicted octanol–water partition coefficient (Wildman–Crippen LogP) is 1.64. The Morgan fingerprint density at radius 3 is 3.00 bits per heavy atom. The van der Waals surface area contributed by atoms with Crippen molar-refractivity contribution >= 4 is 11.8 Å². The second kappa shape index (κ2) is 5.46. The van der Waals surface area contributed by atoms with Gasteiger partial charge in [-0.05, 0) is 6.08 Å². The summed E-state index contributed by atoms with van der Waals surface area (Å²) < 4.78 is 5.13. The van der Waals surface area contributed by atoms with Gasteiger partial charge < -0.3 is 10.5 Å². The Kier molecular flexibility index (Phi) is 5.86. The molecule has 0 aromatic rings. The van der Waals surface area contributed by atoms with Gasteiger partial charge in [-0.15, -0.1) is 11.8 Å². The molecule has 0 unspecified atom stereocenters. The van der Waals surface area contributed by atoms with E-state index in [9.17, 15) is 0 Å². The van der Waals surface area contributed by atoms with Gasteiger partial charge in [0, 0.05) is 20.4 Å². The summed E-state index contributed by atoms with van der Waals surface area (Å²) in [6.45, 7) is 0.720. The van der Waals surface area contributed by atoms with Gasteiger partial charge in [0.2, 0.25) is 0 Å². The van der Waals surface area contributed by atoms with E-state index < -0.39 is 0 Å². The first-order chi connectivity index (χ1) is 3.93. The molecule has 0 aromatic heterocycles. The van der Waals surface area contributed by atoms with E-state index >= 15 is 0 Å². The fourth-order valence-corrected chi connectivity index (χ4v) is 1.12. The average molecular weight is 316 g/mol. The number of rotatable bonds is 2. The summed E-state index contributed by atoms with van der Waals surface area (Å²) in [6.07, 6.45) is 3.96. The van der Waals surface area contributed by atoms with Crippen molar-refractivity contribution in [3.05, 3.63) is 17.9 Å². The van der Waals surface area contributed by atoms with Crippen LogP contribution < -0.4 is 0 Å². The van der Waals surface area contributed by atoms with Crippen LogP contribution in [0.1, 0.15) is 0 Å². The minimum Gasteiger partial charge on any atom is -0.669 e. The van der Waals surface area contributed by atoms with Crippen LogP contribution in [0.15, 0.2) is 12.2 Å². The van der Waals surface area contributed by atoms with E-state index in [1.807, 2.05) is 12.2 Å². The summed E-state index contributed by atoms with van der Waals surface area (Å²) in [6, 6.07) is 0. The molecule has 0 spiro atoms. The van der Waals surface area contributed by atoms with E-state index in [2.05, 4.69) is 0 Å². The molecule has 1 heterocycles. The molecule has 0 saturated carbocycles. The Morgan fingerprint density at radius 1 is 1.78 bits per heavy atom. The van der Waals surface area contributed by atoms with Crippen LogP contribution in [0, 0.1) is 0 Å². The number of hydrogen-bond donors (Lipinski definition) is 0. The first-order valence-electron chi connectivity index (χ1n) is 2.48. The topological polar surface area (TPSA) is 33.0 Å². The molecular weight excluding hydrogens is 308 g/mol. The zero-order valence-electron chi connectivity index (χ0n) is 4.84. The van der Waals surface area contributed by atoms with E-state index in [0.717, 1.165) is 6.61 Å². The van der Waals surface area contributed by atoms with E-state index in [1.54, 1.807) is 0 Å². The SMILES string of the molecule is [NH-]CS[C@@H]1C=CCO1.[Re]. The fraction of sp³-hybridized carbons (Fsp3) is 0.600. The van der Waals surface area contributed by atoms with Gasteiger partial charge in [0.1, 0.15) is 5.44 Å². The number of nitrogens with one attached hydrogen (secondary N) is 1. The molecule has 0 bridgehead atoms. The van der Waals surface area contributed by atoms with E-state index in [0.29, 0.717) is 5.88 Å². The van der Waals surface area contributed by atoms with Gasteiger partial charge in [-0.3, -0.25) is 0 Å². The first kappa shape index (κ1) is 9.67. The summed E-state index contributed by atoms with van der Waals surface area (Å²) in [5, 5.41) is 0. The molecule has 4 heteroatoms. The summed E-state index contributed by atoms with van der Waals surface area (Å²) in [5.41, 5.74) is 6.98. The Labute approximate surface area is 72.9 Å². The predicted molar refractivity (Wildman–Crippen MR) is 35.7 cm³/mol. The standard InChI is InChI=1S/C5H8NOS.Re/c6-4-8-5-2-1-3-7-5;/h1-2,5-6H,3-4H2;/q-1;/t5-;/m1./s1. The van der Waals surface area contributed by atoms with Crippen LogP contribution in [-0.4, -0.2) is 17.9 Å². The molecular formula is C5H8NOReS-. The van der Waals surface area contributed by atoms with Crippen molar-refractivity contribution in [2.75, 3.05) is 12.5 Å². The number of ether oxygens (including phenoxy) is 1. The summed E-state index contributed by atoms with van der Waals surface area (Å²) in [5.74, 6) is 0.384. The van der Waals surface area contributed by atoms with Crippen LogP contribution in [0.3, 0.4) is 0 Å². The van der Waals surface area contributed by atoms with Crippen LogP contribution in [0.5, 0.6) is 0 Å². The molecule has 2 nitrogen and oxygen atoms in total. The van der Waals surface area contributed by atoms with Gasteiger partial charge in [-0.1, -0.05) is 12.0 Å². The van der Waals surface area contributed by atoms with Crippen molar-refractivity contribution in [2.45, 2.75) is 5.44 Å². The Bertz CT molecular complexity index is 99.0. The number of thioether (sulfide) groups is 1. The second-order valence-electron chi connectivity index (χ2n) is 1.44. The van der Waals surface area contributed by atoms with Crippen molar-refractivity contribution < 1.29 is 25.2 Å². The van der Waals surface area contributed by atoms with Gasteiger partial charge in [0.25, 0.3) is 0 Å². The fourth-order valence-electron chi connectivity index (χ4n) is 0.558. The zero-order valence-corrected chi connectivity index (χ0v) is 8.37. The molecule has 0 saturated heterocycles. The second-order valence-corrected chi connectivity index (χ2v) is 2.53. The molecule has 0 amide bonds. The van der Waals surface area contributed by atoms with Gasteiger partial charge in [-0.25, -0.2) is 0 Å². The molecule has 0 aliphatic carbocycles. The normalized spacial score (nSPS) is 23.9. The van der Waals surface area contributed by atoms with Crippen LogP contribution in [0.25, 0.3) is 5.73 Å². The van der Waals surface area contributed by atoms with Crippen LogP contribution in [-0.2, 0) is 25.2 Å². The molecule has 1 rings (SSSR count). The Hall–Kier alpha value is 0.672. The molecule has 53 valence electrons. The van der Waals surface area contributed by atoms with Crippen molar-refractivity contribution in [1.82, 2.24) is 0 Å². The first-order valence-corrected chi connectivity index (χ1v) is 3.53. The molecule has 1 atom stereocenters. The minimum atomic E-state index is 0. The smallest absolute Gasteiger partial charge is 0.120 e. The third-order valence-corrected chi connectivity index (χ3v) is 1.69. The van der Waals surface area contributed by atoms with E-state index in [-0.39, 0.29) is 25.9 Å². The van der Waals surface area contributed by atoms with Crippen molar-refractivity contribution in [1.29, 1.82) is 0 Å². The molecule has 1 radical (unpaired) electrons. The van der Waals surface area contributed by atoms with Crippen molar-refractivity contribution in [2.24, 2.45) is 0 Å². The Balaban J connectivity index is 0.000000640. The molecule has 1 aliphatic heterocycles. The molecule has 0 fully saturated rings. The number of hydrogen-bond acceptors (Lipinski definition) is 2. The summed E-state index contributed by atoms with van der Waals surface area (Å²) in [7, 11) is 0. The average Bonchev–Trinajstić information content (AvgIpc) is 2.19. The zero-order chi connectivity index (χ0) is 5.82. The maximum Gasteiger partial charge on any atom is 0.120 e. The maximum atomic E-state index is 6.82. The van der Waals surface area contributed by atoms with E-state index in [4.69, 9.17) is 10.5 Å². The maximum absolute atomic E-state index is 6.82. The van der Waals surface area contributed by atoms with Gasteiger partial charge in [0.05, 0.1) is 6.61 Å². The third kappa shape index (κ3) is 3.39. The molecule has 1 N–H and O–H groups in total. The van der Waals surface area contributed by atoms with Crippen LogP contribution in [0.4, 0.5) is 0 Å². The van der Waals surface area contributed by atoms with Gasteiger partial charge >= 0.3 is 0 Å². The van der Waals surface area contributed by atoms with Gasteiger partial charge in [-0.2, -0.15) is 0 Å². The summed E-state index contributed by atoms with van der Waals surface area (Å²) >= 11 is 1.50. The molecule has 0 aromatic carbocycles. The van der Waals surface area contributed by atoms with E-state index in [1.165, 1.54) is 11.8 Å². The van der Waals surface area contributed by atoms with Crippen LogP contribution in [0.2, 0.25) is 0 Å². The van der Waals surface area contributed by atoms with Crippen molar-refractivity contribution in [3.8, 4) is 0 Å². The molecule has 1 aliphatic rings. The minimum absolute atomic E-state index is 0. The molecule has 9 heavy (non-hydrogen) atoms. The largest absolute Gasteiger partial charge is 0.669 e. The third-order valence-electron chi connectivity index (χ3n) is 0.898.